The Hall–Kier alpha value is -2.26. The second-order valence-electron chi connectivity index (χ2n) is 6.35. The van der Waals surface area contributed by atoms with Gasteiger partial charge in [0.1, 0.15) is 0 Å². The molecule has 0 spiro atoms. The number of carbonyl (C=O) groups is 1. The largest absolute Gasteiger partial charge is 0.468 e. The van der Waals surface area contributed by atoms with Gasteiger partial charge in [-0.3, -0.25) is 4.79 Å². The highest BCUT2D eigenvalue weighted by Gasteiger charge is 2.23. The standard InChI is InChI=1S/C12H12ClN.C7H8.C3H6O2/c1-7-2-4-11-12(7)9-6-8(13)3-5-10(9)14-11;1-7-5-3-2-4-6-7;1-2-5-3-4/h3,5-7,14H,2,4H2,1H3;2-6H,1H3;3H,2H2,1H3/t7-;;/m0../s1. The zero-order valence-corrected chi connectivity index (χ0v) is 16.3. The Labute approximate surface area is 160 Å². The van der Waals surface area contributed by atoms with Crippen LogP contribution in [-0.4, -0.2) is 18.1 Å². The number of H-pyrrole nitrogens is 1. The number of hydrogen-bond acceptors (Lipinski definition) is 2. The molecule has 1 aliphatic carbocycles. The zero-order chi connectivity index (χ0) is 18.9. The molecule has 0 saturated heterocycles. The number of carbonyl (C=O) groups excluding carboxylic acids is 1. The highest BCUT2D eigenvalue weighted by atomic mass is 35.5. The summed E-state index contributed by atoms with van der Waals surface area (Å²) < 4.78 is 4.15. The van der Waals surface area contributed by atoms with E-state index in [1.807, 2.05) is 24.3 Å². The number of rotatable bonds is 2. The summed E-state index contributed by atoms with van der Waals surface area (Å²) in [7, 11) is 0. The number of aromatic amines is 1. The lowest BCUT2D eigenvalue weighted by atomic mass is 10.0. The lowest BCUT2D eigenvalue weighted by molar-refractivity contribution is -0.128. The third-order valence-electron chi connectivity index (χ3n) is 4.38. The lowest BCUT2D eigenvalue weighted by Crippen LogP contribution is -1.83. The smallest absolute Gasteiger partial charge is 0.293 e. The molecule has 0 unspecified atom stereocenters. The van der Waals surface area contributed by atoms with Crippen LogP contribution in [0.5, 0.6) is 0 Å². The Bertz CT molecular complexity index is 827. The summed E-state index contributed by atoms with van der Waals surface area (Å²) in [5.74, 6) is 0.678. The average Bonchev–Trinajstić information content (AvgIpc) is 3.17. The predicted molar refractivity (Wildman–Crippen MR) is 109 cm³/mol. The zero-order valence-electron chi connectivity index (χ0n) is 15.6. The number of nitrogens with one attached hydrogen (secondary N) is 1. The summed E-state index contributed by atoms with van der Waals surface area (Å²) in [5.41, 5.74) is 5.45. The lowest BCUT2D eigenvalue weighted by Gasteiger charge is -2.02. The van der Waals surface area contributed by atoms with E-state index in [0.717, 1.165) is 5.02 Å². The van der Waals surface area contributed by atoms with E-state index in [-0.39, 0.29) is 0 Å². The third-order valence-corrected chi connectivity index (χ3v) is 4.61. The molecule has 138 valence electrons. The molecule has 0 aliphatic heterocycles. The SMILES string of the molecule is CCOC=O.C[C@H]1CCc2[nH]c3ccc(Cl)cc3c21.Cc1ccccc1. The van der Waals surface area contributed by atoms with Gasteiger partial charge >= 0.3 is 0 Å². The van der Waals surface area contributed by atoms with Crippen LogP contribution in [0.15, 0.2) is 48.5 Å². The van der Waals surface area contributed by atoms with Crippen molar-refractivity contribution in [3.8, 4) is 0 Å². The quantitative estimate of drug-likeness (QED) is 0.557. The highest BCUT2D eigenvalue weighted by molar-refractivity contribution is 6.31. The average molecular weight is 372 g/mol. The van der Waals surface area contributed by atoms with E-state index < -0.39 is 0 Å². The maximum Gasteiger partial charge on any atom is 0.293 e. The van der Waals surface area contributed by atoms with Crippen LogP contribution in [0.4, 0.5) is 0 Å². The Morgan fingerprint density at radius 2 is 1.96 bits per heavy atom. The molecule has 3 nitrogen and oxygen atoms in total. The highest BCUT2D eigenvalue weighted by Crippen LogP contribution is 2.38. The third kappa shape index (κ3) is 5.37. The van der Waals surface area contributed by atoms with Gasteiger partial charge in [-0.25, -0.2) is 0 Å². The van der Waals surface area contributed by atoms with E-state index in [4.69, 9.17) is 11.6 Å². The van der Waals surface area contributed by atoms with Crippen molar-refractivity contribution in [2.75, 3.05) is 6.61 Å². The molecule has 1 aromatic heterocycles. The van der Waals surface area contributed by atoms with Crippen LogP contribution in [0, 0.1) is 6.92 Å². The van der Waals surface area contributed by atoms with Gasteiger partial charge in [0.15, 0.2) is 0 Å². The predicted octanol–water partition coefficient (Wildman–Crippen LogP) is 6.05. The van der Waals surface area contributed by atoms with Crippen molar-refractivity contribution in [2.24, 2.45) is 0 Å². The topological polar surface area (TPSA) is 42.1 Å². The number of fused-ring (bicyclic) bond motifs is 3. The summed E-state index contributed by atoms with van der Waals surface area (Å²) in [6, 6.07) is 16.4. The van der Waals surface area contributed by atoms with Crippen molar-refractivity contribution < 1.29 is 9.53 Å². The molecule has 0 saturated carbocycles. The Morgan fingerprint density at radius 1 is 1.23 bits per heavy atom. The Balaban J connectivity index is 0.000000170. The molecule has 1 heterocycles. The number of halogens is 1. The molecule has 1 atom stereocenters. The Kier molecular flexibility index (Phi) is 7.73. The number of aromatic nitrogens is 1. The van der Waals surface area contributed by atoms with Gasteiger partial charge in [-0.05, 0) is 56.4 Å². The van der Waals surface area contributed by atoms with Gasteiger partial charge in [0, 0.05) is 21.6 Å². The van der Waals surface area contributed by atoms with Gasteiger partial charge in [-0.1, -0.05) is 54.4 Å². The first-order valence-corrected chi connectivity index (χ1v) is 9.31. The molecule has 26 heavy (non-hydrogen) atoms. The van der Waals surface area contributed by atoms with Crippen LogP contribution in [0.2, 0.25) is 5.02 Å². The monoisotopic (exact) mass is 371 g/mol. The van der Waals surface area contributed by atoms with Gasteiger partial charge in [0.25, 0.3) is 6.47 Å². The van der Waals surface area contributed by atoms with Gasteiger partial charge in [-0.15, -0.1) is 0 Å². The molecule has 1 aliphatic rings. The first kappa shape index (κ1) is 20.1. The fourth-order valence-electron chi connectivity index (χ4n) is 3.11. The normalized spacial score (nSPS) is 14.5. The first-order valence-electron chi connectivity index (χ1n) is 8.93. The van der Waals surface area contributed by atoms with Gasteiger partial charge in [-0.2, -0.15) is 0 Å². The molecule has 3 aromatic rings. The molecule has 0 fully saturated rings. The molecule has 4 rings (SSSR count). The molecule has 4 heteroatoms. The molecule has 0 amide bonds. The summed E-state index contributed by atoms with van der Waals surface area (Å²) >= 11 is 6.01. The summed E-state index contributed by atoms with van der Waals surface area (Å²) in [5, 5.41) is 2.15. The van der Waals surface area contributed by atoms with Crippen molar-refractivity contribution in [3.63, 3.8) is 0 Å². The van der Waals surface area contributed by atoms with Crippen molar-refractivity contribution in [1.29, 1.82) is 0 Å². The number of hydrogen-bond donors (Lipinski definition) is 1. The van der Waals surface area contributed by atoms with Crippen LogP contribution in [0.1, 0.15) is 43.0 Å². The molecule has 0 bridgehead atoms. The maximum absolute atomic E-state index is 9.18. The van der Waals surface area contributed by atoms with Crippen molar-refractivity contribution in [2.45, 2.75) is 39.5 Å². The fourth-order valence-corrected chi connectivity index (χ4v) is 3.28. The van der Waals surface area contributed by atoms with Crippen LogP contribution in [-0.2, 0) is 16.0 Å². The van der Waals surface area contributed by atoms with E-state index in [0.29, 0.717) is 19.0 Å². The van der Waals surface area contributed by atoms with Gasteiger partial charge in [0.2, 0.25) is 0 Å². The summed E-state index contributed by atoms with van der Waals surface area (Å²) in [6.45, 7) is 7.04. The molecule has 1 N–H and O–H groups in total. The molecule has 0 radical (unpaired) electrons. The minimum atomic E-state index is 0.431. The molecule has 2 aromatic carbocycles. The summed E-state index contributed by atoms with van der Waals surface area (Å²) in [4.78, 5) is 12.7. The number of ether oxygens (including phenoxy) is 1. The van der Waals surface area contributed by atoms with Crippen molar-refractivity contribution >= 4 is 29.0 Å². The first-order chi connectivity index (χ1) is 12.6. The fraction of sp³-hybridized carbons (Fsp3) is 0.318. The van der Waals surface area contributed by atoms with Crippen LogP contribution >= 0.6 is 11.6 Å². The molecular weight excluding hydrogens is 346 g/mol. The van der Waals surface area contributed by atoms with Crippen LogP contribution in [0.25, 0.3) is 10.9 Å². The van der Waals surface area contributed by atoms with Crippen LogP contribution in [0.3, 0.4) is 0 Å². The van der Waals surface area contributed by atoms with Gasteiger partial charge in [0.05, 0.1) is 6.61 Å². The minimum absolute atomic E-state index is 0.431. The maximum atomic E-state index is 9.18. The number of aryl methyl sites for hydroxylation is 2. The van der Waals surface area contributed by atoms with Crippen LogP contribution < -0.4 is 0 Å². The second kappa shape index (κ2) is 10.0. The second-order valence-corrected chi connectivity index (χ2v) is 6.79. The van der Waals surface area contributed by atoms with Crippen molar-refractivity contribution in [1.82, 2.24) is 4.98 Å². The van der Waals surface area contributed by atoms with E-state index in [2.05, 4.69) is 47.8 Å². The van der Waals surface area contributed by atoms with E-state index in [9.17, 15) is 4.79 Å². The summed E-state index contributed by atoms with van der Waals surface area (Å²) in [6.07, 6.45) is 2.45. The van der Waals surface area contributed by atoms with E-state index in [1.165, 1.54) is 40.6 Å². The molecular formula is C22H26ClNO2. The van der Waals surface area contributed by atoms with Gasteiger partial charge < -0.3 is 9.72 Å². The van der Waals surface area contributed by atoms with E-state index in [1.54, 1.807) is 6.92 Å². The van der Waals surface area contributed by atoms with E-state index >= 15 is 0 Å². The minimum Gasteiger partial charge on any atom is -0.468 e. The number of benzene rings is 2. The Morgan fingerprint density at radius 3 is 2.50 bits per heavy atom. The van der Waals surface area contributed by atoms with Crippen molar-refractivity contribution in [3.05, 3.63) is 70.4 Å².